The van der Waals surface area contributed by atoms with Gasteiger partial charge in [0, 0.05) is 22.9 Å². The molecule has 0 saturated carbocycles. The fourth-order valence-electron chi connectivity index (χ4n) is 2.63. The smallest absolute Gasteiger partial charge is 0.308 e. The molecule has 0 aliphatic heterocycles. The highest BCUT2D eigenvalue weighted by Gasteiger charge is 2.19. The minimum absolute atomic E-state index is 0.346. The number of ether oxygens (including phenoxy) is 1. The van der Waals surface area contributed by atoms with Gasteiger partial charge >= 0.3 is 5.97 Å². The summed E-state index contributed by atoms with van der Waals surface area (Å²) in [5.41, 5.74) is 2.33. The number of rotatable bonds is 4. The Kier molecular flexibility index (Phi) is 5.55. The molecule has 0 aliphatic carbocycles. The van der Waals surface area contributed by atoms with Crippen molar-refractivity contribution in [1.82, 2.24) is 0 Å². The van der Waals surface area contributed by atoms with Crippen LogP contribution in [-0.4, -0.2) is 10.2 Å². The van der Waals surface area contributed by atoms with Gasteiger partial charge in [-0.2, -0.15) is 0 Å². The van der Waals surface area contributed by atoms with E-state index >= 15 is 0 Å². The van der Waals surface area contributed by atoms with Crippen LogP contribution < -0.4 is 4.74 Å². The van der Waals surface area contributed by atoms with Crippen molar-refractivity contribution in [2.24, 2.45) is 0 Å². The number of carbonyl (C=O) groups is 1. The third-order valence-corrected chi connectivity index (χ3v) is 5.59. The van der Waals surface area contributed by atoms with Gasteiger partial charge in [0.25, 0.3) is 0 Å². The standard InChI is InChI=1S/C21H17ClO3S/c1-14-10-12-16(13-11-14)26(24)20-9-4-3-6-17(20)21-18(22)7-5-8-19(21)25-15(2)23/h3-13H,1-2H3. The summed E-state index contributed by atoms with van der Waals surface area (Å²) in [6.07, 6.45) is 0. The normalized spacial score (nSPS) is 11.8. The van der Waals surface area contributed by atoms with Gasteiger partial charge in [-0.3, -0.25) is 4.79 Å². The van der Waals surface area contributed by atoms with Crippen LogP contribution in [0.2, 0.25) is 5.02 Å². The highest BCUT2D eigenvalue weighted by atomic mass is 35.5. The molecule has 0 amide bonds. The van der Waals surface area contributed by atoms with Crippen molar-refractivity contribution in [3.05, 3.63) is 77.3 Å². The van der Waals surface area contributed by atoms with Crippen LogP contribution in [0.4, 0.5) is 0 Å². The van der Waals surface area contributed by atoms with E-state index in [1.165, 1.54) is 6.92 Å². The Morgan fingerprint density at radius 1 is 0.962 bits per heavy atom. The number of esters is 1. The lowest BCUT2D eigenvalue weighted by molar-refractivity contribution is -0.131. The molecule has 3 aromatic carbocycles. The summed E-state index contributed by atoms with van der Waals surface area (Å²) in [7, 11) is -1.40. The molecule has 0 N–H and O–H groups in total. The van der Waals surface area contributed by atoms with Crippen molar-refractivity contribution in [2.75, 3.05) is 0 Å². The Bertz CT molecular complexity index is 981. The molecule has 0 aliphatic rings. The van der Waals surface area contributed by atoms with Crippen LogP contribution in [0.15, 0.2) is 76.5 Å². The van der Waals surface area contributed by atoms with Gasteiger partial charge in [-0.25, -0.2) is 4.21 Å². The third-order valence-electron chi connectivity index (χ3n) is 3.82. The maximum atomic E-state index is 13.2. The average Bonchev–Trinajstić information content (AvgIpc) is 2.62. The summed E-state index contributed by atoms with van der Waals surface area (Å²) in [4.78, 5) is 12.8. The molecular weight excluding hydrogens is 368 g/mol. The van der Waals surface area contributed by atoms with Gasteiger partial charge < -0.3 is 4.74 Å². The summed E-state index contributed by atoms with van der Waals surface area (Å²) in [6.45, 7) is 3.32. The number of hydrogen-bond acceptors (Lipinski definition) is 3. The zero-order valence-electron chi connectivity index (χ0n) is 14.4. The molecule has 0 fully saturated rings. The predicted molar refractivity (Wildman–Crippen MR) is 104 cm³/mol. The minimum Gasteiger partial charge on any atom is -0.426 e. The molecule has 3 rings (SSSR count). The molecule has 132 valence electrons. The second-order valence-electron chi connectivity index (χ2n) is 5.78. The zero-order chi connectivity index (χ0) is 18.7. The van der Waals surface area contributed by atoms with Crippen LogP contribution in [0, 0.1) is 6.92 Å². The number of carbonyl (C=O) groups excluding carboxylic acids is 1. The van der Waals surface area contributed by atoms with Crippen molar-refractivity contribution in [1.29, 1.82) is 0 Å². The van der Waals surface area contributed by atoms with Crippen LogP contribution in [0.1, 0.15) is 12.5 Å². The van der Waals surface area contributed by atoms with E-state index < -0.39 is 16.8 Å². The fourth-order valence-corrected chi connectivity index (χ4v) is 4.11. The van der Waals surface area contributed by atoms with E-state index in [-0.39, 0.29) is 0 Å². The highest BCUT2D eigenvalue weighted by Crippen LogP contribution is 2.40. The van der Waals surface area contributed by atoms with Crippen LogP contribution in [-0.2, 0) is 15.6 Å². The molecule has 26 heavy (non-hydrogen) atoms. The molecule has 0 spiro atoms. The van der Waals surface area contributed by atoms with Crippen molar-refractivity contribution in [3.8, 4) is 16.9 Å². The SMILES string of the molecule is CC(=O)Oc1cccc(Cl)c1-c1ccccc1S(=O)c1ccc(C)cc1. The molecule has 0 radical (unpaired) electrons. The summed E-state index contributed by atoms with van der Waals surface area (Å²) in [5, 5.41) is 0.428. The summed E-state index contributed by atoms with van der Waals surface area (Å²) < 4.78 is 18.5. The van der Waals surface area contributed by atoms with Crippen molar-refractivity contribution in [2.45, 2.75) is 23.6 Å². The first-order chi connectivity index (χ1) is 12.5. The van der Waals surface area contributed by atoms with Crippen LogP contribution in [0.5, 0.6) is 5.75 Å². The quantitative estimate of drug-likeness (QED) is 0.446. The van der Waals surface area contributed by atoms with Gasteiger partial charge in [0.15, 0.2) is 0 Å². The van der Waals surface area contributed by atoms with Gasteiger partial charge in [0.05, 0.1) is 20.7 Å². The molecule has 0 bridgehead atoms. The largest absolute Gasteiger partial charge is 0.426 e. The van der Waals surface area contributed by atoms with Gasteiger partial charge in [0.1, 0.15) is 5.75 Å². The molecule has 3 nitrogen and oxygen atoms in total. The van der Waals surface area contributed by atoms with E-state index in [2.05, 4.69) is 0 Å². The number of halogens is 1. The number of benzene rings is 3. The fraction of sp³-hybridized carbons (Fsp3) is 0.0952. The van der Waals surface area contributed by atoms with E-state index in [0.29, 0.717) is 31.7 Å². The van der Waals surface area contributed by atoms with E-state index in [1.807, 2.05) is 49.4 Å². The lowest BCUT2D eigenvalue weighted by Crippen LogP contribution is -2.04. The Balaban J connectivity index is 2.16. The highest BCUT2D eigenvalue weighted by molar-refractivity contribution is 7.85. The van der Waals surface area contributed by atoms with E-state index in [1.54, 1.807) is 24.3 Å². The lowest BCUT2D eigenvalue weighted by Gasteiger charge is -2.14. The van der Waals surface area contributed by atoms with E-state index in [9.17, 15) is 9.00 Å². The third kappa shape index (κ3) is 3.87. The molecule has 0 aromatic heterocycles. The van der Waals surface area contributed by atoms with Crippen LogP contribution >= 0.6 is 11.6 Å². The van der Waals surface area contributed by atoms with Crippen molar-refractivity contribution < 1.29 is 13.7 Å². The Labute approximate surface area is 160 Å². The van der Waals surface area contributed by atoms with E-state index in [4.69, 9.17) is 16.3 Å². The summed E-state index contributed by atoms with van der Waals surface area (Å²) >= 11 is 6.40. The molecular formula is C21H17ClO3S. The predicted octanol–water partition coefficient (Wildman–Crippen LogP) is 5.41. The lowest BCUT2D eigenvalue weighted by atomic mass is 10.0. The second kappa shape index (κ2) is 7.85. The molecule has 0 heterocycles. The second-order valence-corrected chi connectivity index (χ2v) is 7.64. The molecule has 5 heteroatoms. The maximum absolute atomic E-state index is 13.2. The topological polar surface area (TPSA) is 43.4 Å². The van der Waals surface area contributed by atoms with E-state index in [0.717, 1.165) is 5.56 Å². The maximum Gasteiger partial charge on any atom is 0.308 e. The average molecular weight is 385 g/mol. The zero-order valence-corrected chi connectivity index (χ0v) is 15.9. The Morgan fingerprint density at radius 3 is 2.35 bits per heavy atom. The van der Waals surface area contributed by atoms with Crippen LogP contribution in [0.25, 0.3) is 11.1 Å². The Hall–Kier alpha value is -2.43. The van der Waals surface area contributed by atoms with Crippen molar-refractivity contribution >= 4 is 28.4 Å². The first kappa shape index (κ1) is 18.4. The molecule has 3 aromatic rings. The molecule has 0 saturated heterocycles. The van der Waals surface area contributed by atoms with Crippen molar-refractivity contribution in [3.63, 3.8) is 0 Å². The summed E-state index contributed by atoms with van der Waals surface area (Å²) in [6, 6.07) is 19.9. The van der Waals surface area contributed by atoms with Gasteiger partial charge in [-0.05, 0) is 37.3 Å². The first-order valence-corrected chi connectivity index (χ1v) is 9.55. The first-order valence-electron chi connectivity index (χ1n) is 8.02. The van der Waals surface area contributed by atoms with Crippen LogP contribution in [0.3, 0.4) is 0 Å². The monoisotopic (exact) mass is 384 g/mol. The van der Waals surface area contributed by atoms with Gasteiger partial charge in [-0.1, -0.05) is 53.6 Å². The number of aryl methyl sites for hydroxylation is 1. The number of hydrogen-bond donors (Lipinski definition) is 0. The minimum atomic E-state index is -1.40. The molecule has 1 atom stereocenters. The molecule has 1 unspecified atom stereocenters. The summed E-state index contributed by atoms with van der Waals surface area (Å²) in [5.74, 6) is -0.0935. The van der Waals surface area contributed by atoms with Gasteiger partial charge in [0.2, 0.25) is 0 Å². The Morgan fingerprint density at radius 2 is 1.65 bits per heavy atom. The van der Waals surface area contributed by atoms with Gasteiger partial charge in [-0.15, -0.1) is 0 Å².